The lowest BCUT2D eigenvalue weighted by atomic mass is 10.1. The van der Waals surface area contributed by atoms with E-state index in [0.29, 0.717) is 0 Å². The van der Waals surface area contributed by atoms with Gasteiger partial charge in [0.15, 0.2) is 0 Å². The summed E-state index contributed by atoms with van der Waals surface area (Å²) >= 11 is 0. The van der Waals surface area contributed by atoms with Gasteiger partial charge in [-0.05, 0) is 12.8 Å². The monoisotopic (exact) mass is 543 g/mol. The lowest BCUT2D eigenvalue weighted by Gasteiger charge is -2.36. The van der Waals surface area contributed by atoms with Crippen molar-refractivity contribution >= 4 is 0 Å². The van der Waals surface area contributed by atoms with Gasteiger partial charge in [-0.15, -0.1) is 0 Å². The normalized spacial score (nSPS) is 14.2. The molecule has 0 amide bonds. The zero-order valence-corrected chi connectivity index (χ0v) is 27.8. The molecule has 38 heavy (non-hydrogen) atoms. The van der Waals surface area contributed by atoms with Crippen LogP contribution in [-0.2, 0) is 9.47 Å². The summed E-state index contributed by atoms with van der Waals surface area (Å²) < 4.78 is 15.0. The molecule has 0 N–H and O–H groups in total. The minimum atomic E-state index is 0.161. The minimum Gasteiger partial charge on any atom is -0.369 e. The molecule has 0 bridgehead atoms. The van der Waals surface area contributed by atoms with E-state index in [2.05, 4.69) is 56.1 Å². The Bertz CT molecular complexity index is 440. The number of nitrogens with zero attached hydrogens (tertiary/aromatic N) is 2. The largest absolute Gasteiger partial charge is 0.369 e. The Kier molecular flexibility index (Phi) is 24.5. The van der Waals surface area contributed by atoms with E-state index in [1.54, 1.807) is 0 Å². The molecule has 0 heterocycles. The van der Waals surface area contributed by atoms with Crippen LogP contribution in [0.1, 0.15) is 142 Å². The molecule has 0 aromatic carbocycles. The third kappa shape index (κ3) is 27.4. The zero-order chi connectivity index (χ0) is 28.5. The van der Waals surface area contributed by atoms with Gasteiger partial charge in [-0.3, -0.25) is 0 Å². The lowest BCUT2D eigenvalue weighted by Crippen LogP contribution is -2.53. The van der Waals surface area contributed by atoms with Gasteiger partial charge in [-0.2, -0.15) is 0 Å². The van der Waals surface area contributed by atoms with Crippen molar-refractivity contribution in [1.29, 1.82) is 0 Å². The average Bonchev–Trinajstić information content (AvgIpc) is 2.83. The summed E-state index contributed by atoms with van der Waals surface area (Å²) in [7, 11) is 13.7. The Hall–Kier alpha value is -0.160. The summed E-state index contributed by atoms with van der Waals surface area (Å²) in [5.74, 6) is 0. The molecule has 4 heteroatoms. The van der Waals surface area contributed by atoms with Crippen LogP contribution in [0, 0.1) is 0 Å². The molecule has 0 unspecified atom stereocenters. The molecule has 0 radical (unpaired) electrons. The van der Waals surface area contributed by atoms with Gasteiger partial charge in [0.1, 0.15) is 25.3 Å². The van der Waals surface area contributed by atoms with E-state index in [0.717, 1.165) is 35.3 Å². The number of likely N-dealkylation sites (N-methyl/N-ethyl adjacent to an activating group) is 2. The van der Waals surface area contributed by atoms with Gasteiger partial charge in [0.05, 0.1) is 42.3 Å². The van der Waals surface area contributed by atoms with Crippen LogP contribution in [0.15, 0.2) is 0 Å². The maximum absolute atomic E-state index is 6.60. The highest BCUT2D eigenvalue weighted by atomic mass is 16.5. The Labute approximate surface area is 241 Å². The van der Waals surface area contributed by atoms with Crippen LogP contribution in [0.2, 0.25) is 0 Å². The molecule has 0 aliphatic heterocycles. The van der Waals surface area contributed by atoms with Crippen LogP contribution in [-0.4, -0.2) is 89.8 Å². The molecule has 0 fully saturated rings. The predicted octanol–water partition coefficient (Wildman–Crippen LogP) is 9.01. The number of hydrogen-bond acceptors (Lipinski definition) is 2. The molecule has 2 atom stereocenters. The number of rotatable bonds is 29. The number of unbranched alkanes of at least 4 members (excludes halogenated alkanes) is 18. The predicted molar refractivity (Wildman–Crippen MR) is 169 cm³/mol. The van der Waals surface area contributed by atoms with Crippen molar-refractivity contribution in [3.05, 3.63) is 0 Å². The molecule has 0 aromatic rings. The van der Waals surface area contributed by atoms with Crippen LogP contribution < -0.4 is 0 Å². The molecular formula is C34H74N2O2+2. The van der Waals surface area contributed by atoms with Gasteiger partial charge in [-0.1, -0.05) is 129 Å². The first-order valence-electron chi connectivity index (χ1n) is 16.9. The van der Waals surface area contributed by atoms with Crippen LogP contribution in [0.25, 0.3) is 0 Å². The van der Waals surface area contributed by atoms with E-state index >= 15 is 0 Å². The van der Waals surface area contributed by atoms with E-state index in [1.165, 1.54) is 128 Å². The third-order valence-corrected chi connectivity index (χ3v) is 7.53. The SMILES string of the molecule is CCCCCCCCCCCCO[C@@H](C[N+](C)(C)C)[C@H](C[N+](C)(C)C)OCCCCCCCCCCCC. The summed E-state index contributed by atoms with van der Waals surface area (Å²) in [5, 5.41) is 0. The molecule has 230 valence electrons. The molecule has 4 nitrogen and oxygen atoms in total. The smallest absolute Gasteiger partial charge is 0.138 e. The van der Waals surface area contributed by atoms with Gasteiger partial charge in [0.25, 0.3) is 0 Å². The van der Waals surface area contributed by atoms with Gasteiger partial charge in [0.2, 0.25) is 0 Å². The van der Waals surface area contributed by atoms with Crippen molar-refractivity contribution in [3.63, 3.8) is 0 Å². The fraction of sp³-hybridized carbons (Fsp3) is 1.00. The summed E-state index contributed by atoms with van der Waals surface area (Å²) in [6.45, 7) is 8.33. The summed E-state index contributed by atoms with van der Waals surface area (Å²) in [6.07, 6.45) is 27.6. The topological polar surface area (TPSA) is 18.5 Å². The molecule has 0 saturated carbocycles. The van der Waals surface area contributed by atoms with Gasteiger partial charge in [-0.25, -0.2) is 0 Å². The quantitative estimate of drug-likeness (QED) is 0.0693. The van der Waals surface area contributed by atoms with Gasteiger partial charge >= 0.3 is 0 Å². The van der Waals surface area contributed by atoms with E-state index in [9.17, 15) is 0 Å². The summed E-state index contributed by atoms with van der Waals surface area (Å²) in [5.41, 5.74) is 0. The molecule has 0 saturated heterocycles. The second-order valence-corrected chi connectivity index (χ2v) is 14.1. The first-order valence-corrected chi connectivity index (χ1v) is 16.9. The average molecular weight is 543 g/mol. The molecule has 0 aliphatic carbocycles. The molecular weight excluding hydrogens is 468 g/mol. The molecule has 0 aromatic heterocycles. The minimum absolute atomic E-state index is 0.161. The maximum Gasteiger partial charge on any atom is 0.138 e. The van der Waals surface area contributed by atoms with Crippen molar-refractivity contribution in [1.82, 2.24) is 0 Å². The highest BCUT2D eigenvalue weighted by Gasteiger charge is 2.32. The first kappa shape index (κ1) is 37.8. The second-order valence-electron chi connectivity index (χ2n) is 14.1. The highest BCUT2D eigenvalue weighted by Crippen LogP contribution is 2.16. The first-order chi connectivity index (χ1) is 18.1. The number of ether oxygens (including phenoxy) is 2. The number of hydrogen-bond donors (Lipinski definition) is 0. The van der Waals surface area contributed by atoms with Crippen molar-refractivity contribution in [3.8, 4) is 0 Å². The van der Waals surface area contributed by atoms with Crippen LogP contribution in [0.5, 0.6) is 0 Å². The Morgan fingerprint density at radius 1 is 0.368 bits per heavy atom. The summed E-state index contributed by atoms with van der Waals surface area (Å²) in [4.78, 5) is 0. The van der Waals surface area contributed by atoms with E-state index in [4.69, 9.17) is 9.47 Å². The van der Waals surface area contributed by atoms with E-state index in [1.807, 2.05) is 0 Å². The maximum atomic E-state index is 6.60. The van der Waals surface area contributed by atoms with Gasteiger partial charge < -0.3 is 18.4 Å². The van der Waals surface area contributed by atoms with Crippen LogP contribution in [0.3, 0.4) is 0 Å². The highest BCUT2D eigenvalue weighted by molar-refractivity contribution is 4.71. The summed E-state index contributed by atoms with van der Waals surface area (Å²) in [6, 6.07) is 0. The van der Waals surface area contributed by atoms with Crippen molar-refractivity contribution in [2.75, 3.05) is 68.6 Å². The molecule has 0 spiro atoms. The Morgan fingerprint density at radius 3 is 0.842 bits per heavy atom. The van der Waals surface area contributed by atoms with Crippen LogP contribution >= 0.6 is 0 Å². The second kappa shape index (κ2) is 24.6. The zero-order valence-electron chi connectivity index (χ0n) is 27.8. The molecule has 0 aliphatic rings. The van der Waals surface area contributed by atoms with Crippen molar-refractivity contribution in [2.45, 2.75) is 154 Å². The van der Waals surface area contributed by atoms with E-state index in [-0.39, 0.29) is 12.2 Å². The Morgan fingerprint density at radius 2 is 0.605 bits per heavy atom. The van der Waals surface area contributed by atoms with Crippen LogP contribution in [0.4, 0.5) is 0 Å². The van der Waals surface area contributed by atoms with Gasteiger partial charge in [0, 0.05) is 13.2 Å². The fourth-order valence-corrected chi connectivity index (χ4v) is 5.28. The molecule has 0 rings (SSSR count). The number of quaternary nitrogens is 2. The van der Waals surface area contributed by atoms with Crippen molar-refractivity contribution < 1.29 is 18.4 Å². The van der Waals surface area contributed by atoms with Crippen molar-refractivity contribution in [2.24, 2.45) is 0 Å². The third-order valence-electron chi connectivity index (χ3n) is 7.53. The van der Waals surface area contributed by atoms with E-state index < -0.39 is 0 Å². The fourth-order valence-electron chi connectivity index (χ4n) is 5.28. The lowest BCUT2D eigenvalue weighted by molar-refractivity contribution is -0.882. The standard InChI is InChI=1S/C34H74N2O2/c1-9-11-13-15-17-19-21-23-25-27-29-37-33(31-35(3,4)5)34(32-36(6,7)8)38-30-28-26-24-22-20-18-16-14-12-10-2/h33-34H,9-32H2,1-8H3/q+2/t33-,34-/m0/s1. The Balaban J connectivity index is 4.40.